The van der Waals surface area contributed by atoms with E-state index >= 15 is 0 Å². The van der Waals surface area contributed by atoms with Gasteiger partial charge in [-0.1, -0.05) is 132 Å². The molecule has 1 atom stereocenters. The van der Waals surface area contributed by atoms with Gasteiger partial charge in [0.1, 0.15) is 6.17 Å². The standard InChI is InChI=1S/C27H22Cl3N3OS/c28-27(29,30)25(33-26(35)31-22-17-9-15-18-10-7-8-16-21(18)22)32-24(34)23(19-11-3-1-4-12-19)20-13-5-2-6-14-20/h1-17,23,25H,(H,32,34)(H2,31,33,35)/t25-/m0/s1. The van der Waals surface area contributed by atoms with Crippen molar-refractivity contribution >= 4 is 74.5 Å². The first kappa shape index (κ1) is 25.3. The van der Waals surface area contributed by atoms with Crippen LogP contribution in [-0.4, -0.2) is 21.0 Å². The summed E-state index contributed by atoms with van der Waals surface area (Å²) >= 11 is 24.2. The number of amides is 1. The zero-order valence-corrected chi connectivity index (χ0v) is 21.5. The van der Waals surface area contributed by atoms with Gasteiger partial charge >= 0.3 is 0 Å². The predicted molar refractivity (Wildman–Crippen MR) is 150 cm³/mol. The van der Waals surface area contributed by atoms with E-state index in [2.05, 4.69) is 16.0 Å². The second-order valence-electron chi connectivity index (χ2n) is 7.86. The Morgan fingerprint density at radius 2 is 1.26 bits per heavy atom. The van der Waals surface area contributed by atoms with Crippen LogP contribution in [0.5, 0.6) is 0 Å². The Balaban J connectivity index is 1.55. The highest BCUT2D eigenvalue weighted by Gasteiger charge is 2.36. The van der Waals surface area contributed by atoms with Crippen molar-refractivity contribution in [3.63, 3.8) is 0 Å². The van der Waals surface area contributed by atoms with Crippen LogP contribution < -0.4 is 16.0 Å². The number of hydrogen-bond donors (Lipinski definition) is 3. The van der Waals surface area contributed by atoms with Gasteiger partial charge in [0.15, 0.2) is 5.11 Å². The number of benzene rings is 4. The van der Waals surface area contributed by atoms with E-state index in [0.717, 1.165) is 27.6 Å². The number of fused-ring (bicyclic) bond motifs is 1. The summed E-state index contributed by atoms with van der Waals surface area (Å²) in [7, 11) is 0. The van der Waals surface area contributed by atoms with Gasteiger partial charge in [-0.3, -0.25) is 4.79 Å². The van der Waals surface area contributed by atoms with Crippen LogP contribution in [0.15, 0.2) is 103 Å². The molecule has 0 aliphatic rings. The molecule has 178 valence electrons. The molecule has 0 unspecified atom stereocenters. The molecule has 0 heterocycles. The smallest absolute Gasteiger partial charge is 0.233 e. The summed E-state index contributed by atoms with van der Waals surface area (Å²) in [6.07, 6.45) is -1.09. The second kappa shape index (κ2) is 11.3. The molecule has 0 fully saturated rings. The monoisotopic (exact) mass is 541 g/mol. The molecule has 0 aliphatic carbocycles. The van der Waals surface area contributed by atoms with Gasteiger partial charge < -0.3 is 16.0 Å². The Kier molecular flexibility index (Phi) is 8.14. The van der Waals surface area contributed by atoms with Crippen molar-refractivity contribution < 1.29 is 4.79 Å². The van der Waals surface area contributed by atoms with Crippen molar-refractivity contribution in [1.29, 1.82) is 0 Å². The number of carbonyl (C=O) groups excluding carboxylic acids is 1. The third kappa shape index (κ3) is 6.44. The molecule has 4 rings (SSSR count). The maximum Gasteiger partial charge on any atom is 0.233 e. The van der Waals surface area contributed by atoms with Gasteiger partial charge in [-0.2, -0.15) is 0 Å². The lowest BCUT2D eigenvalue weighted by atomic mass is 9.90. The van der Waals surface area contributed by atoms with Gasteiger partial charge in [0.05, 0.1) is 5.92 Å². The highest BCUT2D eigenvalue weighted by atomic mass is 35.6. The van der Waals surface area contributed by atoms with Gasteiger partial charge in [0, 0.05) is 11.1 Å². The van der Waals surface area contributed by atoms with E-state index in [9.17, 15) is 4.79 Å². The van der Waals surface area contributed by atoms with E-state index in [0.29, 0.717) is 0 Å². The summed E-state index contributed by atoms with van der Waals surface area (Å²) in [6.45, 7) is 0. The number of hydrogen-bond acceptors (Lipinski definition) is 2. The van der Waals surface area contributed by atoms with Crippen LogP contribution in [0.3, 0.4) is 0 Å². The molecule has 0 bridgehead atoms. The maximum absolute atomic E-state index is 13.5. The van der Waals surface area contributed by atoms with Crippen molar-refractivity contribution in [2.24, 2.45) is 0 Å². The molecule has 0 radical (unpaired) electrons. The topological polar surface area (TPSA) is 53.2 Å². The quantitative estimate of drug-likeness (QED) is 0.143. The first-order valence-corrected chi connectivity index (χ1v) is 12.4. The van der Waals surface area contributed by atoms with Crippen molar-refractivity contribution in [3.05, 3.63) is 114 Å². The van der Waals surface area contributed by atoms with Gasteiger partial charge in [-0.05, 0) is 34.8 Å². The summed E-state index contributed by atoms with van der Waals surface area (Å²) in [4.78, 5) is 13.5. The van der Waals surface area contributed by atoms with Crippen molar-refractivity contribution in [2.45, 2.75) is 15.9 Å². The number of nitrogens with one attached hydrogen (secondary N) is 3. The van der Waals surface area contributed by atoms with Crippen molar-refractivity contribution in [3.8, 4) is 0 Å². The maximum atomic E-state index is 13.5. The minimum Gasteiger partial charge on any atom is -0.339 e. The zero-order valence-electron chi connectivity index (χ0n) is 18.4. The van der Waals surface area contributed by atoms with Crippen LogP contribution in [0.1, 0.15) is 17.0 Å². The van der Waals surface area contributed by atoms with Crippen LogP contribution in [-0.2, 0) is 4.79 Å². The summed E-state index contributed by atoms with van der Waals surface area (Å²) in [5.41, 5.74) is 2.42. The first-order valence-electron chi connectivity index (χ1n) is 10.8. The fourth-order valence-corrected chi connectivity index (χ4v) is 4.39. The molecule has 0 spiro atoms. The van der Waals surface area contributed by atoms with E-state index in [1.54, 1.807) is 0 Å². The summed E-state index contributed by atoms with van der Waals surface area (Å²) in [5, 5.41) is 11.2. The molecular weight excluding hydrogens is 521 g/mol. The third-order valence-electron chi connectivity index (χ3n) is 5.46. The van der Waals surface area contributed by atoms with E-state index in [1.807, 2.05) is 103 Å². The molecule has 0 saturated carbocycles. The van der Waals surface area contributed by atoms with Crippen LogP contribution in [0.25, 0.3) is 10.8 Å². The Morgan fingerprint density at radius 3 is 1.86 bits per heavy atom. The second-order valence-corrected chi connectivity index (χ2v) is 10.6. The fourth-order valence-electron chi connectivity index (χ4n) is 3.84. The lowest BCUT2D eigenvalue weighted by Crippen LogP contribution is -2.57. The normalized spacial score (nSPS) is 12.2. The summed E-state index contributed by atoms with van der Waals surface area (Å²) < 4.78 is -1.88. The van der Waals surface area contributed by atoms with E-state index < -0.39 is 15.9 Å². The van der Waals surface area contributed by atoms with Crippen molar-refractivity contribution in [1.82, 2.24) is 10.6 Å². The average Bonchev–Trinajstić information content (AvgIpc) is 2.85. The molecule has 4 nitrogen and oxygen atoms in total. The Labute approximate surface area is 224 Å². The average molecular weight is 543 g/mol. The molecule has 0 aliphatic heterocycles. The summed E-state index contributed by atoms with van der Waals surface area (Å²) in [6, 6.07) is 32.6. The van der Waals surface area contributed by atoms with Gasteiger partial charge in [0.2, 0.25) is 9.70 Å². The molecule has 4 aromatic rings. The molecule has 8 heteroatoms. The third-order valence-corrected chi connectivity index (χ3v) is 6.33. The van der Waals surface area contributed by atoms with Crippen LogP contribution in [0.4, 0.5) is 5.69 Å². The predicted octanol–water partition coefficient (Wildman–Crippen LogP) is 6.77. The molecule has 0 aromatic heterocycles. The number of thiocarbonyl (C=S) groups is 1. The zero-order chi connectivity index (χ0) is 24.8. The number of anilines is 1. The molecule has 0 saturated heterocycles. The lowest BCUT2D eigenvalue weighted by Gasteiger charge is -2.30. The molecule has 1 amide bonds. The Bertz CT molecular complexity index is 1270. The first-order chi connectivity index (χ1) is 16.8. The summed E-state index contributed by atoms with van der Waals surface area (Å²) in [5.74, 6) is -0.937. The largest absolute Gasteiger partial charge is 0.339 e. The minimum atomic E-state index is -1.88. The highest BCUT2D eigenvalue weighted by Crippen LogP contribution is 2.31. The van der Waals surface area contributed by atoms with Gasteiger partial charge in [0.25, 0.3) is 0 Å². The van der Waals surface area contributed by atoms with E-state index in [-0.39, 0.29) is 11.0 Å². The van der Waals surface area contributed by atoms with Crippen LogP contribution in [0, 0.1) is 0 Å². The van der Waals surface area contributed by atoms with Crippen LogP contribution in [0.2, 0.25) is 0 Å². The van der Waals surface area contributed by atoms with E-state index in [1.165, 1.54) is 0 Å². The fraction of sp³-hybridized carbons (Fsp3) is 0.111. The number of halogens is 3. The minimum absolute atomic E-state index is 0.203. The number of carbonyl (C=O) groups is 1. The Morgan fingerprint density at radius 1 is 0.714 bits per heavy atom. The van der Waals surface area contributed by atoms with Gasteiger partial charge in [-0.25, -0.2) is 0 Å². The molecule has 35 heavy (non-hydrogen) atoms. The van der Waals surface area contributed by atoms with Crippen LogP contribution >= 0.6 is 47.0 Å². The molecule has 3 N–H and O–H groups in total. The highest BCUT2D eigenvalue weighted by molar-refractivity contribution is 7.80. The van der Waals surface area contributed by atoms with Crippen molar-refractivity contribution in [2.75, 3.05) is 5.32 Å². The Hall–Kier alpha value is -2.83. The number of alkyl halides is 3. The molecule has 4 aromatic carbocycles. The lowest BCUT2D eigenvalue weighted by molar-refractivity contribution is -0.122. The molecular formula is C27H22Cl3N3OS. The van der Waals surface area contributed by atoms with Gasteiger partial charge in [-0.15, -0.1) is 0 Å². The SMILES string of the molecule is O=C(N[C@@H](NC(=S)Nc1cccc2ccccc12)C(Cl)(Cl)Cl)C(c1ccccc1)c1ccccc1. The number of rotatable bonds is 6. The van der Waals surface area contributed by atoms with E-state index in [4.69, 9.17) is 47.0 Å².